The Morgan fingerprint density at radius 2 is 1.93 bits per heavy atom. The lowest BCUT2D eigenvalue weighted by atomic mass is 10.1. The molecule has 6 nitrogen and oxygen atoms in total. The minimum Gasteiger partial charge on any atom is -0.497 e. The van der Waals surface area contributed by atoms with Gasteiger partial charge in [0.05, 0.1) is 12.8 Å². The van der Waals surface area contributed by atoms with Crippen molar-refractivity contribution in [1.82, 2.24) is 4.98 Å². The van der Waals surface area contributed by atoms with Gasteiger partial charge in [-0.2, -0.15) is 0 Å². The molecule has 0 bridgehead atoms. The summed E-state index contributed by atoms with van der Waals surface area (Å²) in [7, 11) is 1.61. The fourth-order valence-electron chi connectivity index (χ4n) is 2.77. The molecule has 0 aliphatic heterocycles. The molecule has 1 amide bonds. The third kappa shape index (κ3) is 5.11. The maximum Gasteiger partial charge on any atom is 0.254 e. The first kappa shape index (κ1) is 21.7. The Balaban J connectivity index is 1.58. The second-order valence-corrected chi connectivity index (χ2v) is 7.34. The van der Waals surface area contributed by atoms with Gasteiger partial charge in [0.2, 0.25) is 0 Å². The SMILES string of the molecule is COc1ccc(CCc2csc(C(O)COc3ccc(F)c(C(N)=O)c3F)n2)cc1. The third-order valence-electron chi connectivity index (χ3n) is 4.38. The van der Waals surface area contributed by atoms with E-state index in [2.05, 4.69) is 4.98 Å². The van der Waals surface area contributed by atoms with Crippen molar-refractivity contribution in [3.8, 4) is 11.5 Å². The maximum absolute atomic E-state index is 14.2. The molecule has 0 spiro atoms. The standard InChI is InChI=1S/C21H20F2N2O4S/c1-28-14-6-3-12(4-7-14)2-5-13-11-30-21(25-13)16(26)10-29-17-9-8-15(22)18(19(17)23)20(24)27/h3-4,6-9,11,16,26H,2,5,10H2,1H3,(H2,24,27). The number of hydrogen-bond acceptors (Lipinski definition) is 6. The summed E-state index contributed by atoms with van der Waals surface area (Å²) in [5, 5.41) is 12.5. The molecular weight excluding hydrogens is 414 g/mol. The minimum absolute atomic E-state index is 0.313. The Kier molecular flexibility index (Phi) is 6.96. The minimum atomic E-state index is -1.24. The molecule has 0 aliphatic carbocycles. The fraction of sp³-hybridized carbons (Fsp3) is 0.238. The number of carbonyl (C=O) groups is 1. The molecule has 3 rings (SSSR count). The smallest absolute Gasteiger partial charge is 0.254 e. The van der Waals surface area contributed by atoms with Gasteiger partial charge in [-0.15, -0.1) is 11.3 Å². The predicted octanol–water partition coefficient (Wildman–Crippen LogP) is 3.43. The summed E-state index contributed by atoms with van der Waals surface area (Å²) in [6, 6.07) is 9.65. The first-order chi connectivity index (χ1) is 14.4. The highest BCUT2D eigenvalue weighted by molar-refractivity contribution is 7.09. The third-order valence-corrected chi connectivity index (χ3v) is 5.38. The molecule has 0 saturated carbocycles. The fourth-order valence-corrected chi connectivity index (χ4v) is 3.59. The van der Waals surface area contributed by atoms with Gasteiger partial charge in [0.15, 0.2) is 11.6 Å². The highest BCUT2D eigenvalue weighted by atomic mass is 32.1. The Morgan fingerprint density at radius 1 is 1.20 bits per heavy atom. The highest BCUT2D eigenvalue weighted by Crippen LogP contribution is 2.25. The molecule has 9 heteroatoms. The molecular formula is C21H20F2N2O4S. The molecule has 0 aliphatic rings. The normalized spacial score (nSPS) is 11.9. The van der Waals surface area contributed by atoms with Crippen LogP contribution in [0, 0.1) is 11.6 Å². The van der Waals surface area contributed by atoms with Crippen LogP contribution in [-0.4, -0.2) is 29.7 Å². The summed E-state index contributed by atoms with van der Waals surface area (Å²) in [5.74, 6) is -3.10. The summed E-state index contributed by atoms with van der Waals surface area (Å²) < 4.78 is 38.0. The van der Waals surface area contributed by atoms with E-state index in [1.54, 1.807) is 7.11 Å². The zero-order chi connectivity index (χ0) is 21.7. The van der Waals surface area contributed by atoms with E-state index in [1.807, 2.05) is 29.6 Å². The number of aryl methyl sites for hydroxylation is 2. The van der Waals surface area contributed by atoms with Gasteiger partial charge < -0.3 is 20.3 Å². The maximum atomic E-state index is 14.2. The molecule has 3 aromatic rings. The first-order valence-corrected chi connectivity index (χ1v) is 9.93. The zero-order valence-electron chi connectivity index (χ0n) is 16.1. The number of aromatic nitrogens is 1. The second kappa shape index (κ2) is 9.64. The number of ether oxygens (including phenoxy) is 2. The van der Waals surface area contributed by atoms with E-state index < -0.39 is 29.2 Å². The van der Waals surface area contributed by atoms with Gasteiger partial charge in [-0.05, 0) is 42.7 Å². The number of primary amides is 1. The van der Waals surface area contributed by atoms with E-state index in [0.29, 0.717) is 11.4 Å². The Labute approximate surface area is 175 Å². The lowest BCUT2D eigenvalue weighted by molar-refractivity contribution is 0.0982. The van der Waals surface area contributed by atoms with Gasteiger partial charge in [0, 0.05) is 5.38 Å². The van der Waals surface area contributed by atoms with Crippen LogP contribution in [0.3, 0.4) is 0 Å². The molecule has 158 valence electrons. The van der Waals surface area contributed by atoms with Gasteiger partial charge in [0.25, 0.3) is 5.91 Å². The van der Waals surface area contributed by atoms with Crippen molar-refractivity contribution in [2.45, 2.75) is 18.9 Å². The van der Waals surface area contributed by atoms with Crippen molar-refractivity contribution >= 4 is 17.2 Å². The quantitative estimate of drug-likeness (QED) is 0.538. The molecule has 1 aromatic heterocycles. The topological polar surface area (TPSA) is 94.7 Å². The number of nitrogens with two attached hydrogens (primary N) is 1. The molecule has 30 heavy (non-hydrogen) atoms. The van der Waals surface area contributed by atoms with Crippen molar-refractivity contribution < 1.29 is 28.2 Å². The zero-order valence-corrected chi connectivity index (χ0v) is 16.9. The Bertz CT molecular complexity index is 1020. The number of aliphatic hydroxyl groups excluding tert-OH is 1. The number of halogens is 2. The van der Waals surface area contributed by atoms with Crippen LogP contribution in [-0.2, 0) is 12.8 Å². The summed E-state index contributed by atoms with van der Waals surface area (Å²) in [6.45, 7) is -0.313. The van der Waals surface area contributed by atoms with Crippen LogP contribution >= 0.6 is 11.3 Å². The highest BCUT2D eigenvalue weighted by Gasteiger charge is 2.21. The molecule has 0 fully saturated rings. The van der Waals surface area contributed by atoms with E-state index in [0.717, 1.165) is 35.6 Å². The summed E-state index contributed by atoms with van der Waals surface area (Å²) in [6.07, 6.45) is 0.354. The summed E-state index contributed by atoms with van der Waals surface area (Å²) in [4.78, 5) is 15.6. The van der Waals surface area contributed by atoms with Crippen LogP contribution in [0.15, 0.2) is 41.8 Å². The van der Waals surface area contributed by atoms with Gasteiger partial charge in [0.1, 0.15) is 34.8 Å². The van der Waals surface area contributed by atoms with Crippen molar-refractivity contribution in [2.24, 2.45) is 5.73 Å². The van der Waals surface area contributed by atoms with Crippen molar-refractivity contribution in [3.05, 3.63) is 75.2 Å². The van der Waals surface area contributed by atoms with Crippen LogP contribution in [0.1, 0.15) is 32.7 Å². The van der Waals surface area contributed by atoms with E-state index in [1.165, 1.54) is 11.3 Å². The van der Waals surface area contributed by atoms with Crippen molar-refractivity contribution in [3.63, 3.8) is 0 Å². The average Bonchev–Trinajstić information content (AvgIpc) is 3.21. The number of rotatable bonds is 9. The van der Waals surface area contributed by atoms with Crippen LogP contribution < -0.4 is 15.2 Å². The van der Waals surface area contributed by atoms with Gasteiger partial charge in [-0.25, -0.2) is 13.8 Å². The monoisotopic (exact) mass is 434 g/mol. The van der Waals surface area contributed by atoms with E-state index >= 15 is 0 Å². The molecule has 2 aromatic carbocycles. The van der Waals surface area contributed by atoms with E-state index in [4.69, 9.17) is 15.2 Å². The Morgan fingerprint density at radius 3 is 2.60 bits per heavy atom. The number of methoxy groups -OCH3 is 1. The predicted molar refractivity (Wildman–Crippen MR) is 108 cm³/mol. The van der Waals surface area contributed by atoms with Gasteiger partial charge >= 0.3 is 0 Å². The van der Waals surface area contributed by atoms with Crippen LogP contribution in [0.2, 0.25) is 0 Å². The number of amides is 1. The molecule has 0 radical (unpaired) electrons. The number of carbonyl (C=O) groups excluding carboxylic acids is 1. The Hall–Kier alpha value is -3.04. The van der Waals surface area contributed by atoms with Crippen LogP contribution in [0.5, 0.6) is 11.5 Å². The molecule has 1 unspecified atom stereocenters. The number of nitrogens with zero attached hydrogens (tertiary/aromatic N) is 1. The van der Waals surface area contributed by atoms with Crippen LogP contribution in [0.4, 0.5) is 8.78 Å². The molecule has 1 heterocycles. The van der Waals surface area contributed by atoms with Crippen LogP contribution in [0.25, 0.3) is 0 Å². The summed E-state index contributed by atoms with van der Waals surface area (Å²) in [5.41, 5.74) is 6.05. The first-order valence-electron chi connectivity index (χ1n) is 9.05. The largest absolute Gasteiger partial charge is 0.497 e. The number of aliphatic hydroxyl groups is 1. The molecule has 1 atom stereocenters. The number of hydrogen-bond donors (Lipinski definition) is 2. The number of thiazole rings is 1. The molecule has 0 saturated heterocycles. The number of benzene rings is 2. The lowest BCUT2D eigenvalue weighted by Gasteiger charge is -2.12. The molecule has 3 N–H and O–H groups in total. The van der Waals surface area contributed by atoms with Crippen molar-refractivity contribution in [1.29, 1.82) is 0 Å². The summed E-state index contributed by atoms with van der Waals surface area (Å²) >= 11 is 1.26. The average molecular weight is 434 g/mol. The van der Waals surface area contributed by atoms with Gasteiger partial charge in [-0.1, -0.05) is 12.1 Å². The second-order valence-electron chi connectivity index (χ2n) is 6.45. The lowest BCUT2D eigenvalue weighted by Crippen LogP contribution is -2.17. The van der Waals surface area contributed by atoms with Crippen molar-refractivity contribution in [2.75, 3.05) is 13.7 Å². The van der Waals surface area contributed by atoms with E-state index in [-0.39, 0.29) is 12.4 Å². The van der Waals surface area contributed by atoms with E-state index in [9.17, 15) is 18.7 Å². The van der Waals surface area contributed by atoms with Gasteiger partial charge in [-0.3, -0.25) is 4.79 Å².